The van der Waals surface area contributed by atoms with Crippen LogP contribution in [0.15, 0.2) is 29.3 Å². The predicted molar refractivity (Wildman–Crippen MR) is 89.3 cm³/mol. The molecule has 2 N–H and O–H groups in total. The maximum absolute atomic E-state index is 6.15. The fourth-order valence-corrected chi connectivity index (χ4v) is 3.63. The fraction of sp³-hybridized carbons (Fsp3) is 0.562. The zero-order valence-corrected chi connectivity index (χ0v) is 13.3. The highest BCUT2D eigenvalue weighted by molar-refractivity contribution is 7.99. The molecule has 1 saturated heterocycles. The molecule has 1 aliphatic carbocycles. The van der Waals surface area contributed by atoms with Crippen LogP contribution in [-0.4, -0.2) is 48.1 Å². The molecule has 1 aromatic carbocycles. The Hall–Kier alpha value is -1.36. The minimum absolute atomic E-state index is 0.344. The van der Waals surface area contributed by atoms with Gasteiger partial charge in [0.25, 0.3) is 0 Å². The van der Waals surface area contributed by atoms with Gasteiger partial charge in [0.05, 0.1) is 12.6 Å². The van der Waals surface area contributed by atoms with E-state index < -0.39 is 0 Å². The molecule has 0 bridgehead atoms. The van der Waals surface area contributed by atoms with E-state index in [1.165, 1.54) is 5.56 Å². The van der Waals surface area contributed by atoms with E-state index in [1.807, 2.05) is 24.8 Å². The van der Waals surface area contributed by atoms with Gasteiger partial charge in [0.15, 0.2) is 5.96 Å². The van der Waals surface area contributed by atoms with E-state index in [9.17, 15) is 0 Å². The molecule has 0 spiro atoms. The van der Waals surface area contributed by atoms with Gasteiger partial charge in [-0.15, -0.1) is 0 Å². The Morgan fingerprint density at radius 1 is 1.43 bits per heavy atom. The molecule has 2 atom stereocenters. The number of nitrogens with zero attached hydrogens (tertiary/aromatic N) is 2. The van der Waals surface area contributed by atoms with Crippen molar-refractivity contribution in [3.8, 4) is 5.75 Å². The number of guanidine groups is 1. The van der Waals surface area contributed by atoms with Gasteiger partial charge in [-0.05, 0) is 31.0 Å². The first kappa shape index (κ1) is 14.6. The lowest BCUT2D eigenvalue weighted by Gasteiger charge is -2.27. The minimum atomic E-state index is 0.344. The van der Waals surface area contributed by atoms with E-state index in [1.54, 1.807) is 0 Å². The van der Waals surface area contributed by atoms with Gasteiger partial charge in [0.1, 0.15) is 5.75 Å². The maximum atomic E-state index is 6.15. The molecule has 1 aromatic rings. The van der Waals surface area contributed by atoms with Crippen LogP contribution < -0.4 is 10.5 Å². The van der Waals surface area contributed by atoms with Crippen molar-refractivity contribution in [1.82, 2.24) is 4.90 Å². The lowest BCUT2D eigenvalue weighted by atomic mass is 10.1. The van der Waals surface area contributed by atoms with Gasteiger partial charge in [-0.2, -0.15) is 11.8 Å². The van der Waals surface area contributed by atoms with Crippen LogP contribution in [0.25, 0.3) is 0 Å². The molecule has 114 valence electrons. The molecule has 1 saturated carbocycles. The first-order valence-corrected chi connectivity index (χ1v) is 8.82. The van der Waals surface area contributed by atoms with Gasteiger partial charge in [0.2, 0.25) is 0 Å². The highest BCUT2D eigenvalue weighted by Gasteiger charge is 2.39. The van der Waals surface area contributed by atoms with Crippen LogP contribution in [0.4, 0.5) is 0 Å². The van der Waals surface area contributed by atoms with Gasteiger partial charge in [0, 0.05) is 30.5 Å². The Kier molecular flexibility index (Phi) is 4.58. The SMILES string of the molecule is CCOc1cccc([C@@H]2C[C@H]2N=C(N)N2CCSCC2)c1. The third-order valence-electron chi connectivity index (χ3n) is 3.99. The second-order valence-electron chi connectivity index (χ2n) is 5.50. The number of hydrogen-bond donors (Lipinski definition) is 1. The normalized spacial score (nSPS) is 25.8. The molecule has 5 heteroatoms. The summed E-state index contributed by atoms with van der Waals surface area (Å²) in [6, 6.07) is 8.71. The van der Waals surface area contributed by atoms with Crippen molar-refractivity contribution in [2.75, 3.05) is 31.2 Å². The molecule has 4 nitrogen and oxygen atoms in total. The summed E-state index contributed by atoms with van der Waals surface area (Å²) in [4.78, 5) is 6.93. The number of nitrogens with two attached hydrogens (primary N) is 1. The molecular weight excluding hydrogens is 282 g/mol. The maximum Gasteiger partial charge on any atom is 0.191 e. The van der Waals surface area contributed by atoms with Crippen LogP contribution in [0.5, 0.6) is 5.75 Å². The molecule has 21 heavy (non-hydrogen) atoms. The van der Waals surface area contributed by atoms with Crippen molar-refractivity contribution in [1.29, 1.82) is 0 Å². The van der Waals surface area contributed by atoms with Gasteiger partial charge >= 0.3 is 0 Å². The molecule has 0 unspecified atom stereocenters. The highest BCUT2D eigenvalue weighted by atomic mass is 32.2. The largest absolute Gasteiger partial charge is 0.494 e. The quantitative estimate of drug-likeness (QED) is 0.685. The highest BCUT2D eigenvalue weighted by Crippen LogP contribution is 2.44. The monoisotopic (exact) mass is 305 g/mol. The summed E-state index contributed by atoms with van der Waals surface area (Å²) in [5.74, 6) is 4.49. The smallest absolute Gasteiger partial charge is 0.191 e. The van der Waals surface area contributed by atoms with Crippen LogP contribution >= 0.6 is 11.8 Å². The van der Waals surface area contributed by atoms with Crippen LogP contribution in [-0.2, 0) is 0 Å². The third-order valence-corrected chi connectivity index (χ3v) is 4.93. The average molecular weight is 305 g/mol. The number of aliphatic imine (C=N–C) groups is 1. The average Bonchev–Trinajstić information content (AvgIpc) is 3.28. The molecule has 1 aliphatic heterocycles. The Morgan fingerprint density at radius 3 is 3.00 bits per heavy atom. The lowest BCUT2D eigenvalue weighted by Crippen LogP contribution is -2.42. The second kappa shape index (κ2) is 6.60. The minimum Gasteiger partial charge on any atom is -0.494 e. The zero-order chi connectivity index (χ0) is 14.7. The van der Waals surface area contributed by atoms with Crippen LogP contribution in [0, 0.1) is 0 Å². The molecule has 0 aromatic heterocycles. The van der Waals surface area contributed by atoms with Crippen molar-refractivity contribution in [2.45, 2.75) is 25.3 Å². The topological polar surface area (TPSA) is 50.9 Å². The number of benzene rings is 1. The molecule has 2 fully saturated rings. The first-order chi connectivity index (χ1) is 10.3. The van der Waals surface area contributed by atoms with E-state index in [4.69, 9.17) is 15.5 Å². The molecule has 3 rings (SSSR count). The summed E-state index contributed by atoms with van der Waals surface area (Å²) in [6.07, 6.45) is 1.10. The number of ether oxygens (including phenoxy) is 1. The Balaban J connectivity index is 1.61. The number of rotatable bonds is 4. The van der Waals surface area contributed by atoms with Crippen molar-refractivity contribution in [3.05, 3.63) is 29.8 Å². The van der Waals surface area contributed by atoms with Crippen LogP contribution in [0.3, 0.4) is 0 Å². The predicted octanol–water partition coefficient (Wildman–Crippen LogP) is 2.30. The summed E-state index contributed by atoms with van der Waals surface area (Å²) in [5, 5.41) is 0. The van der Waals surface area contributed by atoms with Crippen molar-refractivity contribution >= 4 is 17.7 Å². The van der Waals surface area contributed by atoms with E-state index >= 15 is 0 Å². The molecule has 2 aliphatic rings. The van der Waals surface area contributed by atoms with Crippen LogP contribution in [0.1, 0.15) is 24.8 Å². The van der Waals surface area contributed by atoms with E-state index in [-0.39, 0.29) is 0 Å². The molecular formula is C16H23N3OS. The van der Waals surface area contributed by atoms with Gasteiger partial charge in [-0.1, -0.05) is 12.1 Å². The lowest BCUT2D eigenvalue weighted by molar-refractivity contribution is 0.340. The van der Waals surface area contributed by atoms with Gasteiger partial charge in [-0.25, -0.2) is 4.99 Å². The summed E-state index contributed by atoms with van der Waals surface area (Å²) in [5.41, 5.74) is 7.47. The summed E-state index contributed by atoms with van der Waals surface area (Å²) < 4.78 is 5.56. The van der Waals surface area contributed by atoms with Crippen LogP contribution in [0.2, 0.25) is 0 Å². The first-order valence-electron chi connectivity index (χ1n) is 7.66. The summed E-state index contributed by atoms with van der Waals surface area (Å²) >= 11 is 1.99. The van der Waals surface area contributed by atoms with Crippen molar-refractivity contribution in [3.63, 3.8) is 0 Å². The number of thioether (sulfide) groups is 1. The van der Waals surface area contributed by atoms with Gasteiger partial charge in [-0.3, -0.25) is 0 Å². The van der Waals surface area contributed by atoms with E-state index in [2.05, 4.69) is 23.1 Å². The Morgan fingerprint density at radius 2 is 2.24 bits per heavy atom. The standard InChI is InChI=1S/C16H23N3OS/c1-2-20-13-5-3-4-12(10-13)14-11-15(14)18-16(17)19-6-8-21-9-7-19/h3-5,10,14-15H,2,6-9,11H2,1H3,(H2,17,18)/t14-,15+/m0/s1. The third kappa shape index (κ3) is 3.64. The summed E-state index contributed by atoms with van der Waals surface area (Å²) in [6.45, 7) is 4.76. The van der Waals surface area contributed by atoms with Crippen molar-refractivity contribution < 1.29 is 4.74 Å². The second-order valence-corrected chi connectivity index (χ2v) is 6.73. The molecule has 1 heterocycles. The molecule has 0 radical (unpaired) electrons. The number of hydrogen-bond acceptors (Lipinski definition) is 3. The molecule has 0 amide bonds. The summed E-state index contributed by atoms with van der Waals surface area (Å²) in [7, 11) is 0. The van der Waals surface area contributed by atoms with Gasteiger partial charge < -0.3 is 15.4 Å². The van der Waals surface area contributed by atoms with E-state index in [0.29, 0.717) is 18.6 Å². The fourth-order valence-electron chi connectivity index (χ4n) is 2.73. The zero-order valence-electron chi connectivity index (χ0n) is 12.5. The Labute approximate surface area is 130 Å². The Bertz CT molecular complexity index is 514. The van der Waals surface area contributed by atoms with E-state index in [0.717, 1.165) is 42.7 Å². The van der Waals surface area contributed by atoms with Crippen molar-refractivity contribution in [2.24, 2.45) is 10.7 Å².